The van der Waals surface area contributed by atoms with Crippen molar-refractivity contribution in [1.29, 1.82) is 0 Å². The Morgan fingerprint density at radius 1 is 1.00 bits per heavy atom. The molecule has 0 spiro atoms. The number of hydrogen-bond donors (Lipinski definition) is 0. The number of hydrogen-bond acceptors (Lipinski definition) is 4. The van der Waals surface area contributed by atoms with Crippen LogP contribution in [-0.4, -0.2) is 19.0 Å². The average molecular weight is 218 g/mol. The van der Waals surface area contributed by atoms with Crippen LogP contribution >= 0.6 is 0 Å². The van der Waals surface area contributed by atoms with Gasteiger partial charge in [0.25, 0.3) is 0 Å². The SMILES string of the molecule is COc1ccc(C2C3C(=O)OC(=O)C32)cc1. The molecule has 1 aliphatic heterocycles. The van der Waals surface area contributed by atoms with Gasteiger partial charge in [-0.15, -0.1) is 0 Å². The number of carbonyl (C=O) groups is 2. The number of carbonyl (C=O) groups excluding carboxylic acids is 2. The second-order valence-corrected chi connectivity index (χ2v) is 4.09. The predicted molar refractivity (Wildman–Crippen MR) is 53.8 cm³/mol. The third kappa shape index (κ3) is 1.16. The van der Waals surface area contributed by atoms with Gasteiger partial charge in [-0.25, -0.2) is 0 Å². The summed E-state index contributed by atoms with van der Waals surface area (Å²) in [6.45, 7) is 0. The van der Waals surface area contributed by atoms with Gasteiger partial charge in [-0.05, 0) is 17.7 Å². The van der Waals surface area contributed by atoms with Crippen LogP contribution in [0.25, 0.3) is 0 Å². The van der Waals surface area contributed by atoms with Crippen molar-refractivity contribution in [2.24, 2.45) is 11.8 Å². The Bertz CT molecular complexity index is 442. The molecule has 2 atom stereocenters. The monoisotopic (exact) mass is 218 g/mol. The zero-order valence-corrected chi connectivity index (χ0v) is 8.67. The molecular formula is C12H10O4. The summed E-state index contributed by atoms with van der Waals surface area (Å²) in [5.74, 6) is -0.475. The lowest BCUT2D eigenvalue weighted by Crippen LogP contribution is -2.09. The minimum Gasteiger partial charge on any atom is -0.497 e. The van der Waals surface area contributed by atoms with E-state index in [9.17, 15) is 9.59 Å². The Hall–Kier alpha value is -1.84. The standard InChI is InChI=1S/C12H10O4/c1-15-7-4-2-6(3-5-7)8-9-10(8)12(14)16-11(9)13/h2-5,8-10H,1H3. The van der Waals surface area contributed by atoms with E-state index >= 15 is 0 Å². The molecule has 4 nitrogen and oxygen atoms in total. The van der Waals surface area contributed by atoms with Gasteiger partial charge in [-0.2, -0.15) is 0 Å². The van der Waals surface area contributed by atoms with E-state index in [0.717, 1.165) is 11.3 Å². The molecule has 0 aromatic heterocycles. The van der Waals surface area contributed by atoms with Gasteiger partial charge < -0.3 is 9.47 Å². The third-order valence-corrected chi connectivity index (χ3v) is 3.27. The molecule has 1 aromatic carbocycles. The zero-order chi connectivity index (χ0) is 11.3. The van der Waals surface area contributed by atoms with Gasteiger partial charge in [0, 0.05) is 5.92 Å². The van der Waals surface area contributed by atoms with Crippen molar-refractivity contribution in [3.05, 3.63) is 29.8 Å². The molecule has 0 N–H and O–H groups in total. The van der Waals surface area contributed by atoms with Gasteiger partial charge >= 0.3 is 11.9 Å². The highest BCUT2D eigenvalue weighted by Gasteiger charge is 2.66. The van der Waals surface area contributed by atoms with Crippen LogP contribution < -0.4 is 4.74 Å². The Kier molecular flexibility index (Phi) is 1.80. The molecule has 2 fully saturated rings. The van der Waals surface area contributed by atoms with Crippen LogP contribution in [0.2, 0.25) is 0 Å². The Balaban J connectivity index is 1.85. The highest BCUT2D eigenvalue weighted by molar-refractivity contribution is 6.02. The van der Waals surface area contributed by atoms with Crippen molar-refractivity contribution in [3.63, 3.8) is 0 Å². The topological polar surface area (TPSA) is 52.6 Å². The van der Waals surface area contributed by atoms with Crippen molar-refractivity contribution in [2.75, 3.05) is 7.11 Å². The third-order valence-electron chi connectivity index (χ3n) is 3.27. The van der Waals surface area contributed by atoms with Gasteiger partial charge in [-0.1, -0.05) is 12.1 Å². The van der Waals surface area contributed by atoms with Gasteiger partial charge in [0.05, 0.1) is 18.9 Å². The Labute approximate surface area is 92.2 Å². The molecule has 4 heteroatoms. The molecule has 0 radical (unpaired) electrons. The van der Waals surface area contributed by atoms with E-state index in [1.165, 1.54) is 0 Å². The normalized spacial score (nSPS) is 30.9. The van der Waals surface area contributed by atoms with Crippen molar-refractivity contribution >= 4 is 11.9 Å². The summed E-state index contributed by atoms with van der Waals surface area (Å²) in [5, 5.41) is 0. The molecule has 1 aliphatic carbocycles. The summed E-state index contributed by atoms with van der Waals surface area (Å²) in [4.78, 5) is 22.5. The summed E-state index contributed by atoms with van der Waals surface area (Å²) in [6, 6.07) is 7.45. The minimum atomic E-state index is -0.379. The number of esters is 2. The number of benzene rings is 1. The Morgan fingerprint density at radius 3 is 2.06 bits per heavy atom. The zero-order valence-electron chi connectivity index (χ0n) is 8.67. The molecule has 1 heterocycles. The van der Waals surface area contributed by atoms with Gasteiger partial charge in [-0.3, -0.25) is 9.59 Å². The lowest BCUT2D eigenvalue weighted by atomic mass is 10.1. The number of ether oxygens (including phenoxy) is 2. The predicted octanol–water partition coefficient (Wildman–Crippen LogP) is 1.11. The number of rotatable bonds is 2. The van der Waals surface area contributed by atoms with E-state index in [2.05, 4.69) is 4.74 Å². The molecular weight excluding hydrogens is 208 g/mol. The minimum absolute atomic E-state index is 0.0136. The first-order valence-corrected chi connectivity index (χ1v) is 5.12. The van der Waals surface area contributed by atoms with E-state index in [1.54, 1.807) is 7.11 Å². The lowest BCUT2D eigenvalue weighted by molar-refractivity contribution is -0.155. The molecule has 3 rings (SSSR count). The lowest BCUT2D eigenvalue weighted by Gasteiger charge is -2.04. The van der Waals surface area contributed by atoms with Crippen LogP contribution in [0.4, 0.5) is 0 Å². The molecule has 82 valence electrons. The van der Waals surface area contributed by atoms with E-state index in [1.807, 2.05) is 24.3 Å². The van der Waals surface area contributed by atoms with Crippen LogP contribution in [0.3, 0.4) is 0 Å². The van der Waals surface area contributed by atoms with Crippen molar-refractivity contribution in [1.82, 2.24) is 0 Å². The van der Waals surface area contributed by atoms with Crippen molar-refractivity contribution in [3.8, 4) is 5.75 Å². The van der Waals surface area contributed by atoms with Gasteiger partial charge in [0.15, 0.2) is 0 Å². The fourth-order valence-electron chi connectivity index (χ4n) is 2.37. The van der Waals surface area contributed by atoms with Crippen molar-refractivity contribution < 1.29 is 19.1 Å². The summed E-state index contributed by atoms with van der Waals surface area (Å²) in [7, 11) is 1.60. The molecule has 0 amide bonds. The molecule has 2 aliphatic rings. The fraction of sp³-hybridized carbons (Fsp3) is 0.333. The number of methoxy groups -OCH3 is 1. The quantitative estimate of drug-likeness (QED) is 0.551. The fourth-order valence-corrected chi connectivity index (χ4v) is 2.37. The molecule has 1 saturated heterocycles. The summed E-state index contributed by atoms with van der Waals surface area (Å²) in [6.07, 6.45) is 0. The first kappa shape index (κ1) is 9.39. The smallest absolute Gasteiger partial charge is 0.318 e. The van der Waals surface area contributed by atoms with Gasteiger partial charge in [0.2, 0.25) is 0 Å². The first-order valence-electron chi connectivity index (χ1n) is 5.12. The molecule has 1 saturated carbocycles. The first-order chi connectivity index (χ1) is 7.72. The average Bonchev–Trinajstić information content (AvgIpc) is 2.97. The van der Waals surface area contributed by atoms with Gasteiger partial charge in [0.1, 0.15) is 5.75 Å². The molecule has 1 aromatic rings. The second-order valence-electron chi connectivity index (χ2n) is 4.09. The van der Waals surface area contributed by atoms with E-state index < -0.39 is 0 Å². The van der Waals surface area contributed by atoms with E-state index in [4.69, 9.17) is 4.74 Å². The highest BCUT2D eigenvalue weighted by atomic mass is 16.6. The Morgan fingerprint density at radius 2 is 1.56 bits per heavy atom. The summed E-state index contributed by atoms with van der Waals surface area (Å²) >= 11 is 0. The van der Waals surface area contributed by atoms with E-state index in [-0.39, 0.29) is 29.7 Å². The maximum Gasteiger partial charge on any atom is 0.318 e. The largest absolute Gasteiger partial charge is 0.497 e. The summed E-state index contributed by atoms with van der Waals surface area (Å²) in [5.41, 5.74) is 1.00. The number of fused-ring (bicyclic) bond motifs is 1. The second kappa shape index (κ2) is 3.07. The summed E-state index contributed by atoms with van der Waals surface area (Å²) < 4.78 is 9.56. The van der Waals surface area contributed by atoms with Crippen LogP contribution in [0.15, 0.2) is 24.3 Å². The van der Waals surface area contributed by atoms with Crippen LogP contribution in [0.5, 0.6) is 5.75 Å². The molecule has 0 bridgehead atoms. The highest BCUT2D eigenvalue weighted by Crippen LogP contribution is 2.58. The van der Waals surface area contributed by atoms with Crippen molar-refractivity contribution in [2.45, 2.75) is 5.92 Å². The number of cyclic esters (lactones) is 2. The molecule has 2 unspecified atom stereocenters. The maximum atomic E-state index is 11.3. The van der Waals surface area contributed by atoms with Crippen LogP contribution in [0.1, 0.15) is 11.5 Å². The molecule has 16 heavy (non-hydrogen) atoms. The maximum absolute atomic E-state index is 11.3. The van der Waals surface area contributed by atoms with Crippen LogP contribution in [0, 0.1) is 11.8 Å². The van der Waals surface area contributed by atoms with Crippen LogP contribution in [-0.2, 0) is 14.3 Å². The van der Waals surface area contributed by atoms with E-state index in [0.29, 0.717) is 0 Å².